The Bertz CT molecular complexity index is 1340. The van der Waals surface area contributed by atoms with Gasteiger partial charge >= 0.3 is 0 Å². The molecule has 4 aromatic carbocycles. The maximum absolute atomic E-state index is 12.3. The van der Waals surface area contributed by atoms with Gasteiger partial charge in [-0.2, -0.15) is 5.10 Å². The Labute approximate surface area is 196 Å². The molecule has 0 heterocycles. The van der Waals surface area contributed by atoms with Gasteiger partial charge < -0.3 is 14.6 Å². The molecular formula is C26H21ClN2O4. The Kier molecular flexibility index (Phi) is 6.76. The van der Waals surface area contributed by atoms with Gasteiger partial charge in [-0.3, -0.25) is 4.79 Å². The fraction of sp³-hybridized carbons (Fsp3) is 0.0769. The van der Waals surface area contributed by atoms with Gasteiger partial charge in [-0.05, 0) is 41.8 Å². The molecule has 0 fully saturated rings. The van der Waals surface area contributed by atoms with Crippen molar-refractivity contribution in [2.45, 2.75) is 6.61 Å². The molecule has 0 aromatic heterocycles. The average Bonchev–Trinajstić information content (AvgIpc) is 2.85. The topological polar surface area (TPSA) is 80.2 Å². The molecule has 166 valence electrons. The molecule has 0 atom stereocenters. The van der Waals surface area contributed by atoms with Crippen LogP contribution < -0.4 is 14.9 Å². The number of phenols is 1. The van der Waals surface area contributed by atoms with Crippen LogP contribution in [0.5, 0.6) is 17.2 Å². The number of benzene rings is 4. The third kappa shape index (κ3) is 5.07. The van der Waals surface area contributed by atoms with Gasteiger partial charge in [-0.1, -0.05) is 54.1 Å². The summed E-state index contributed by atoms with van der Waals surface area (Å²) < 4.78 is 11.5. The molecule has 0 aliphatic heterocycles. The van der Waals surface area contributed by atoms with Gasteiger partial charge in [0.05, 0.1) is 18.3 Å². The van der Waals surface area contributed by atoms with Crippen LogP contribution in [0.25, 0.3) is 10.8 Å². The largest absolute Gasteiger partial charge is 0.506 e. The van der Waals surface area contributed by atoms with Crippen LogP contribution in [0.15, 0.2) is 84.0 Å². The van der Waals surface area contributed by atoms with E-state index in [2.05, 4.69) is 10.5 Å². The van der Waals surface area contributed by atoms with Gasteiger partial charge in [-0.25, -0.2) is 5.43 Å². The molecule has 4 rings (SSSR count). The van der Waals surface area contributed by atoms with Crippen molar-refractivity contribution in [3.05, 3.63) is 101 Å². The molecule has 33 heavy (non-hydrogen) atoms. The number of rotatable bonds is 7. The van der Waals surface area contributed by atoms with E-state index in [-0.39, 0.29) is 10.8 Å². The fourth-order valence-corrected chi connectivity index (χ4v) is 3.56. The summed E-state index contributed by atoms with van der Waals surface area (Å²) in [6.45, 7) is 0.368. The number of hydrogen-bond donors (Lipinski definition) is 2. The van der Waals surface area contributed by atoms with Crippen molar-refractivity contribution in [1.82, 2.24) is 5.43 Å². The van der Waals surface area contributed by atoms with Gasteiger partial charge in [0.25, 0.3) is 5.91 Å². The highest BCUT2D eigenvalue weighted by molar-refractivity contribution is 6.32. The SMILES string of the molecule is COc1ccccc1COc1ccc(/C=N/NC(=O)c2ccc(O)c(Cl)c2)c2ccccc12. The number of phenolic OH excluding ortho intramolecular Hbond substituents is 1. The van der Waals surface area contributed by atoms with Crippen molar-refractivity contribution in [3.8, 4) is 17.2 Å². The molecule has 0 saturated carbocycles. The number of hydrogen-bond acceptors (Lipinski definition) is 5. The standard InChI is InChI=1S/C26H21ClN2O4/c1-32-24-9-5-2-6-19(24)16-33-25-13-11-18(20-7-3-4-8-21(20)25)15-28-29-26(31)17-10-12-23(30)22(27)14-17/h2-15,30H,16H2,1H3,(H,29,31)/b28-15+. The lowest BCUT2D eigenvalue weighted by atomic mass is 10.0. The van der Waals surface area contributed by atoms with E-state index >= 15 is 0 Å². The van der Waals surface area contributed by atoms with Crippen molar-refractivity contribution >= 4 is 34.5 Å². The summed E-state index contributed by atoms with van der Waals surface area (Å²) in [5.41, 5.74) is 4.54. The summed E-state index contributed by atoms with van der Waals surface area (Å²) in [5, 5.41) is 15.5. The first-order valence-electron chi connectivity index (χ1n) is 10.1. The second-order valence-electron chi connectivity index (χ2n) is 7.16. The smallest absolute Gasteiger partial charge is 0.271 e. The first-order chi connectivity index (χ1) is 16.1. The van der Waals surface area contributed by atoms with Crippen LogP contribution >= 0.6 is 11.6 Å². The van der Waals surface area contributed by atoms with E-state index in [0.29, 0.717) is 12.2 Å². The van der Waals surface area contributed by atoms with Crippen LogP contribution in [-0.4, -0.2) is 24.3 Å². The number of nitrogens with zero attached hydrogens (tertiary/aromatic N) is 1. The van der Waals surface area contributed by atoms with Crippen LogP contribution in [-0.2, 0) is 6.61 Å². The number of aromatic hydroxyl groups is 1. The predicted molar refractivity (Wildman–Crippen MR) is 129 cm³/mol. The van der Waals surface area contributed by atoms with Gasteiger partial charge in [0.1, 0.15) is 23.9 Å². The minimum Gasteiger partial charge on any atom is -0.506 e. The summed E-state index contributed by atoms with van der Waals surface area (Å²) in [6.07, 6.45) is 1.58. The van der Waals surface area contributed by atoms with E-state index in [1.54, 1.807) is 13.3 Å². The van der Waals surface area contributed by atoms with E-state index < -0.39 is 5.91 Å². The molecule has 4 aromatic rings. The first kappa shape index (κ1) is 22.2. The second kappa shape index (κ2) is 10.1. The molecule has 6 nitrogen and oxygen atoms in total. The highest BCUT2D eigenvalue weighted by Crippen LogP contribution is 2.29. The molecule has 0 saturated heterocycles. The molecule has 0 aliphatic carbocycles. The Hall–Kier alpha value is -4.03. The molecule has 0 spiro atoms. The predicted octanol–water partition coefficient (Wildman–Crippen LogP) is 5.55. The normalized spacial score (nSPS) is 11.0. The van der Waals surface area contributed by atoms with E-state index in [1.807, 2.05) is 60.7 Å². The zero-order valence-corrected chi connectivity index (χ0v) is 18.5. The van der Waals surface area contributed by atoms with Crippen molar-refractivity contribution in [3.63, 3.8) is 0 Å². The van der Waals surface area contributed by atoms with Crippen molar-refractivity contribution < 1.29 is 19.4 Å². The zero-order chi connectivity index (χ0) is 23.2. The van der Waals surface area contributed by atoms with Crippen molar-refractivity contribution in [1.29, 1.82) is 0 Å². The molecule has 2 N–H and O–H groups in total. The number of para-hydroxylation sites is 1. The number of fused-ring (bicyclic) bond motifs is 1. The lowest BCUT2D eigenvalue weighted by Gasteiger charge is -2.13. The summed E-state index contributed by atoms with van der Waals surface area (Å²) in [7, 11) is 1.64. The molecule has 7 heteroatoms. The minimum absolute atomic E-state index is 0.0868. The van der Waals surface area contributed by atoms with Crippen LogP contribution in [0.4, 0.5) is 0 Å². The van der Waals surface area contributed by atoms with Crippen LogP contribution in [0.2, 0.25) is 5.02 Å². The van der Waals surface area contributed by atoms with Crippen molar-refractivity contribution in [2.24, 2.45) is 5.10 Å². The Morgan fingerprint density at radius 1 is 1.00 bits per heavy atom. The average molecular weight is 461 g/mol. The van der Waals surface area contributed by atoms with Gasteiger partial charge in [0, 0.05) is 22.1 Å². The molecular weight excluding hydrogens is 440 g/mol. The van der Waals surface area contributed by atoms with Gasteiger partial charge in [0.2, 0.25) is 0 Å². The maximum atomic E-state index is 12.3. The second-order valence-corrected chi connectivity index (χ2v) is 7.57. The van der Waals surface area contributed by atoms with E-state index in [1.165, 1.54) is 18.2 Å². The first-order valence-corrected chi connectivity index (χ1v) is 10.5. The lowest BCUT2D eigenvalue weighted by molar-refractivity contribution is 0.0955. The molecule has 1 amide bonds. The molecule has 0 aliphatic rings. The number of ether oxygens (including phenoxy) is 2. The number of halogens is 1. The Balaban J connectivity index is 1.52. The monoisotopic (exact) mass is 460 g/mol. The molecule has 0 unspecified atom stereocenters. The maximum Gasteiger partial charge on any atom is 0.271 e. The minimum atomic E-state index is -0.436. The lowest BCUT2D eigenvalue weighted by Crippen LogP contribution is -2.17. The summed E-state index contributed by atoms with van der Waals surface area (Å²) >= 11 is 5.86. The quantitative estimate of drug-likeness (QED) is 0.280. The highest BCUT2D eigenvalue weighted by atomic mass is 35.5. The van der Waals surface area contributed by atoms with Crippen LogP contribution in [0.3, 0.4) is 0 Å². The third-order valence-electron chi connectivity index (χ3n) is 5.07. The summed E-state index contributed by atoms with van der Waals surface area (Å²) in [6, 6.07) is 23.5. The fourth-order valence-electron chi connectivity index (χ4n) is 3.38. The Morgan fingerprint density at radius 3 is 2.55 bits per heavy atom. The molecule has 0 bridgehead atoms. The number of nitrogens with one attached hydrogen (secondary N) is 1. The van der Waals surface area contributed by atoms with Gasteiger partial charge in [0.15, 0.2) is 0 Å². The highest BCUT2D eigenvalue weighted by Gasteiger charge is 2.09. The van der Waals surface area contributed by atoms with E-state index in [0.717, 1.165) is 33.4 Å². The number of methoxy groups -OCH3 is 1. The zero-order valence-electron chi connectivity index (χ0n) is 17.8. The number of amides is 1. The number of hydrazone groups is 1. The molecule has 0 radical (unpaired) electrons. The summed E-state index contributed by atoms with van der Waals surface area (Å²) in [5.74, 6) is 0.984. The summed E-state index contributed by atoms with van der Waals surface area (Å²) in [4.78, 5) is 12.3. The van der Waals surface area contributed by atoms with Gasteiger partial charge in [-0.15, -0.1) is 0 Å². The number of carbonyl (C=O) groups is 1. The van der Waals surface area contributed by atoms with Crippen LogP contribution in [0.1, 0.15) is 21.5 Å². The van der Waals surface area contributed by atoms with Crippen LogP contribution in [0, 0.1) is 0 Å². The number of carbonyl (C=O) groups excluding carboxylic acids is 1. The third-order valence-corrected chi connectivity index (χ3v) is 5.38. The Morgan fingerprint density at radius 2 is 1.76 bits per heavy atom. The van der Waals surface area contributed by atoms with E-state index in [9.17, 15) is 9.90 Å². The van der Waals surface area contributed by atoms with Crippen molar-refractivity contribution in [2.75, 3.05) is 7.11 Å². The van der Waals surface area contributed by atoms with E-state index in [4.69, 9.17) is 21.1 Å².